The molecule has 0 atom stereocenters. The molecule has 1 aromatic heterocycles. The van der Waals surface area contributed by atoms with Gasteiger partial charge in [-0.2, -0.15) is 10.4 Å². The lowest BCUT2D eigenvalue weighted by atomic mass is 9.74. The van der Waals surface area contributed by atoms with Crippen molar-refractivity contribution in [3.8, 4) is 11.8 Å². The van der Waals surface area contributed by atoms with Crippen LogP contribution in [0.25, 0.3) is 10.9 Å². The first-order valence-electron chi connectivity index (χ1n) is 9.37. The summed E-state index contributed by atoms with van der Waals surface area (Å²) in [6, 6.07) is 17.5. The average molecular weight is 391 g/mol. The number of para-hydroxylation sites is 2. The van der Waals surface area contributed by atoms with E-state index in [1.54, 1.807) is 12.2 Å². The van der Waals surface area contributed by atoms with Gasteiger partial charge in [-0.05, 0) is 31.0 Å². The second-order valence-electron chi connectivity index (χ2n) is 6.94. The molecule has 0 unspecified atom stereocenters. The molecule has 4 rings (SSSR count). The van der Waals surface area contributed by atoms with Crippen molar-refractivity contribution in [2.45, 2.75) is 18.3 Å². The summed E-state index contributed by atoms with van der Waals surface area (Å²) in [5.74, 6) is 1.12. The summed E-state index contributed by atoms with van der Waals surface area (Å²) in [6.45, 7) is 0.890. The van der Waals surface area contributed by atoms with Crippen LogP contribution in [0.3, 0.4) is 0 Å². The van der Waals surface area contributed by atoms with Gasteiger partial charge in [0.2, 0.25) is 0 Å². The number of carbonyl (C=O) groups is 1. The number of methoxy groups -OCH3 is 1. The zero-order valence-electron chi connectivity index (χ0n) is 16.0. The molecule has 0 aliphatic carbocycles. The number of H-pyrrole nitrogens is 1. The maximum atomic E-state index is 12.3. The topological polar surface area (TPSA) is 103 Å². The number of hydrogen-bond donors (Lipinski definition) is 2. The molecule has 3 aromatic rings. The quantitative estimate of drug-likeness (QED) is 0.704. The van der Waals surface area contributed by atoms with Crippen LogP contribution >= 0.6 is 0 Å². The second-order valence-corrected chi connectivity index (χ2v) is 6.94. The van der Waals surface area contributed by atoms with Crippen LogP contribution in [0, 0.1) is 11.3 Å². The number of benzene rings is 2. The minimum Gasteiger partial charge on any atom is -0.496 e. The molecular weight excluding hydrogens is 370 g/mol. The van der Waals surface area contributed by atoms with Gasteiger partial charge in [0.15, 0.2) is 5.82 Å². The summed E-state index contributed by atoms with van der Waals surface area (Å²) in [5, 5.41) is 21.9. The van der Waals surface area contributed by atoms with Crippen LogP contribution in [-0.2, 0) is 10.3 Å². The van der Waals surface area contributed by atoms with Gasteiger partial charge in [-0.1, -0.05) is 30.3 Å². The molecule has 1 aliphatic rings. The first kappa shape index (κ1) is 18.8. The van der Waals surface area contributed by atoms with Crippen LogP contribution < -0.4 is 10.1 Å². The van der Waals surface area contributed by atoms with Crippen LogP contribution in [0.15, 0.2) is 48.5 Å². The third-order valence-corrected chi connectivity index (χ3v) is 5.32. The highest BCUT2D eigenvalue weighted by Crippen LogP contribution is 2.39. The number of aromatic nitrogens is 2. The number of nitrogens with zero attached hydrogens (tertiary/aromatic N) is 3. The number of anilines is 1. The highest BCUT2D eigenvalue weighted by Gasteiger charge is 2.39. The molecule has 29 heavy (non-hydrogen) atoms. The Labute approximate surface area is 168 Å². The van der Waals surface area contributed by atoms with Crippen molar-refractivity contribution in [3.05, 3.63) is 54.1 Å². The Bertz CT molecular complexity index is 1060. The molecule has 1 fully saturated rings. The van der Waals surface area contributed by atoms with E-state index in [2.05, 4.69) is 21.6 Å². The number of amides is 1. The lowest BCUT2D eigenvalue weighted by Crippen LogP contribution is -2.43. The van der Waals surface area contributed by atoms with Crippen molar-refractivity contribution in [2.24, 2.45) is 0 Å². The van der Waals surface area contributed by atoms with Gasteiger partial charge in [-0.3, -0.25) is 10.4 Å². The van der Waals surface area contributed by atoms with E-state index in [9.17, 15) is 10.1 Å². The third kappa shape index (κ3) is 3.60. The van der Waals surface area contributed by atoms with Gasteiger partial charge in [0.05, 0.1) is 24.1 Å². The fourth-order valence-electron chi connectivity index (χ4n) is 3.74. The Morgan fingerprint density at radius 1 is 1.21 bits per heavy atom. The lowest BCUT2D eigenvalue weighted by molar-refractivity contribution is -0.113. The van der Waals surface area contributed by atoms with E-state index < -0.39 is 11.5 Å². The van der Waals surface area contributed by atoms with Crippen LogP contribution in [0.2, 0.25) is 0 Å². The number of nitrogens with one attached hydrogen (secondary N) is 2. The number of nitriles is 1. The molecule has 1 amide bonds. The van der Waals surface area contributed by atoms with Crippen LogP contribution in [0.4, 0.5) is 10.6 Å². The van der Waals surface area contributed by atoms with Gasteiger partial charge in [0.25, 0.3) is 0 Å². The summed E-state index contributed by atoms with van der Waals surface area (Å²) in [4.78, 5) is 17.7. The number of hydroxylamine groups is 2. The number of aromatic amines is 1. The zero-order valence-corrected chi connectivity index (χ0v) is 16.0. The van der Waals surface area contributed by atoms with E-state index in [1.807, 2.05) is 48.5 Å². The van der Waals surface area contributed by atoms with Crippen LogP contribution in [0.1, 0.15) is 18.4 Å². The molecule has 2 aromatic carbocycles. The van der Waals surface area contributed by atoms with Crippen molar-refractivity contribution in [2.75, 3.05) is 25.5 Å². The monoisotopic (exact) mass is 391 g/mol. The van der Waals surface area contributed by atoms with Crippen LogP contribution in [0.5, 0.6) is 5.75 Å². The summed E-state index contributed by atoms with van der Waals surface area (Å²) < 4.78 is 5.44. The summed E-state index contributed by atoms with van der Waals surface area (Å²) in [5.41, 5.74) is 1.04. The Morgan fingerprint density at radius 3 is 2.69 bits per heavy atom. The Kier molecular flexibility index (Phi) is 5.06. The van der Waals surface area contributed by atoms with Crippen LogP contribution in [-0.4, -0.2) is 41.6 Å². The van der Waals surface area contributed by atoms with Crippen molar-refractivity contribution in [1.82, 2.24) is 15.3 Å². The maximum Gasteiger partial charge on any atom is 0.432 e. The number of rotatable bonds is 4. The van der Waals surface area contributed by atoms with Gasteiger partial charge in [0.1, 0.15) is 5.75 Å². The fourth-order valence-corrected chi connectivity index (χ4v) is 3.74. The van der Waals surface area contributed by atoms with Crippen molar-refractivity contribution in [1.29, 1.82) is 5.26 Å². The molecule has 0 spiro atoms. The van der Waals surface area contributed by atoms with E-state index in [0.29, 0.717) is 37.5 Å². The molecule has 2 N–H and O–H groups in total. The van der Waals surface area contributed by atoms with E-state index in [-0.39, 0.29) is 0 Å². The number of piperidine rings is 1. The number of hydrogen-bond acceptors (Lipinski definition) is 6. The van der Waals surface area contributed by atoms with Crippen molar-refractivity contribution < 1.29 is 14.4 Å². The molecule has 148 valence electrons. The van der Waals surface area contributed by atoms with E-state index >= 15 is 0 Å². The molecule has 8 nitrogen and oxygen atoms in total. The molecule has 1 aliphatic heterocycles. The predicted molar refractivity (Wildman–Crippen MR) is 107 cm³/mol. The van der Waals surface area contributed by atoms with Gasteiger partial charge in [-0.15, -0.1) is 5.06 Å². The van der Waals surface area contributed by atoms with Gasteiger partial charge in [-0.25, -0.2) is 4.79 Å². The second kappa shape index (κ2) is 7.81. The molecule has 1 saturated heterocycles. The largest absolute Gasteiger partial charge is 0.496 e. The van der Waals surface area contributed by atoms with Gasteiger partial charge in [0, 0.05) is 24.0 Å². The summed E-state index contributed by atoms with van der Waals surface area (Å²) in [7, 11) is 1.60. The van der Waals surface area contributed by atoms with Crippen molar-refractivity contribution >= 4 is 22.8 Å². The van der Waals surface area contributed by atoms with E-state index in [0.717, 1.165) is 16.5 Å². The highest BCUT2D eigenvalue weighted by atomic mass is 16.7. The normalized spacial score (nSPS) is 16.1. The molecule has 2 heterocycles. The maximum absolute atomic E-state index is 12.3. The first-order chi connectivity index (χ1) is 14.1. The minimum atomic E-state index is -0.665. The van der Waals surface area contributed by atoms with E-state index in [4.69, 9.17) is 9.57 Å². The zero-order chi connectivity index (χ0) is 20.3. The predicted octanol–water partition coefficient (Wildman–Crippen LogP) is 3.59. The van der Waals surface area contributed by atoms with Crippen molar-refractivity contribution in [3.63, 3.8) is 0 Å². The molecule has 8 heteroatoms. The number of ether oxygens (including phenoxy) is 1. The number of fused-ring (bicyclic) bond motifs is 1. The minimum absolute atomic E-state index is 0.419. The molecule has 0 saturated carbocycles. The molecule has 0 radical (unpaired) electrons. The lowest BCUT2D eigenvalue weighted by Gasteiger charge is -2.36. The highest BCUT2D eigenvalue weighted by molar-refractivity contribution is 5.96. The Morgan fingerprint density at radius 2 is 1.93 bits per heavy atom. The standard InChI is InChI=1S/C21H21N5O3/c1-28-18-9-5-3-7-16(18)21(14-22)10-12-26(13-11-21)29-20(27)23-19-15-6-2-4-8-17(15)24-25-19/h2-9H,10-13H2,1H3,(H2,23,24,25,27). The first-order valence-corrected chi connectivity index (χ1v) is 9.37. The fraction of sp³-hybridized carbons (Fsp3) is 0.286. The summed E-state index contributed by atoms with van der Waals surface area (Å²) in [6.07, 6.45) is 0.453. The Hall–Kier alpha value is -3.57. The SMILES string of the molecule is COc1ccccc1C1(C#N)CCN(OC(=O)Nc2n[nH]c3ccccc23)CC1. The molecule has 0 bridgehead atoms. The van der Waals surface area contributed by atoms with Gasteiger partial charge < -0.3 is 9.57 Å². The Balaban J connectivity index is 1.40. The number of carbonyl (C=O) groups excluding carboxylic acids is 1. The smallest absolute Gasteiger partial charge is 0.432 e. The molecular formula is C21H21N5O3. The van der Waals surface area contributed by atoms with E-state index in [1.165, 1.54) is 0 Å². The van der Waals surface area contributed by atoms with Gasteiger partial charge >= 0.3 is 6.09 Å². The summed E-state index contributed by atoms with van der Waals surface area (Å²) >= 11 is 0. The third-order valence-electron chi connectivity index (χ3n) is 5.32. The average Bonchev–Trinajstić information content (AvgIpc) is 3.17.